The zero-order chi connectivity index (χ0) is 14.7. The molecule has 0 aromatic heterocycles. The van der Waals surface area contributed by atoms with E-state index in [1.54, 1.807) is 30.1 Å². The molecule has 0 saturated heterocycles. The molecule has 0 spiro atoms. The van der Waals surface area contributed by atoms with Crippen molar-refractivity contribution in [3.8, 4) is 11.5 Å². The minimum atomic E-state index is -0.0285. The second kappa shape index (κ2) is 7.52. The van der Waals surface area contributed by atoms with Crippen molar-refractivity contribution in [2.24, 2.45) is 11.7 Å². The fourth-order valence-corrected chi connectivity index (χ4v) is 2.03. The molecular weight excluding hydrogens is 292 g/mol. The van der Waals surface area contributed by atoms with Gasteiger partial charge in [0.1, 0.15) is 0 Å². The number of carbonyl (C=O) groups excluding carboxylic acids is 1. The average Bonchev–Trinajstić information content (AvgIpc) is 2.90. The number of ether oxygens (including phenoxy) is 2. The van der Waals surface area contributed by atoms with Crippen LogP contribution in [0.15, 0.2) is 18.2 Å². The van der Waals surface area contributed by atoms with Crippen LogP contribution < -0.4 is 15.2 Å². The van der Waals surface area contributed by atoms with E-state index in [-0.39, 0.29) is 31.1 Å². The monoisotopic (exact) mass is 314 g/mol. The Morgan fingerprint density at radius 3 is 2.67 bits per heavy atom. The van der Waals surface area contributed by atoms with Crippen LogP contribution >= 0.6 is 12.4 Å². The quantitative estimate of drug-likeness (QED) is 0.905. The third-order valence-electron chi connectivity index (χ3n) is 3.62. The molecule has 6 heteroatoms. The smallest absolute Gasteiger partial charge is 0.253 e. The average molecular weight is 315 g/mol. The first kappa shape index (κ1) is 17.6. The maximum atomic E-state index is 12.3. The maximum absolute atomic E-state index is 12.3. The van der Waals surface area contributed by atoms with E-state index in [1.165, 1.54) is 0 Å². The second-order valence-corrected chi connectivity index (χ2v) is 5.49. The van der Waals surface area contributed by atoms with Crippen LogP contribution in [0.2, 0.25) is 0 Å². The predicted octanol–water partition coefficient (Wildman–Crippen LogP) is 2.28. The van der Waals surface area contributed by atoms with Crippen molar-refractivity contribution >= 4 is 18.3 Å². The molecule has 2 rings (SSSR count). The molecule has 0 saturated carbocycles. The Kier molecular flexibility index (Phi) is 6.30. The van der Waals surface area contributed by atoms with Gasteiger partial charge in [0, 0.05) is 25.2 Å². The molecule has 118 valence electrons. The number of rotatable bonds is 5. The molecule has 0 fully saturated rings. The minimum Gasteiger partial charge on any atom is -0.454 e. The SMILES string of the molecule is CC(C)C(N)CCN(C)C(=O)c1ccc2c(c1)OCO2.Cl. The van der Waals surface area contributed by atoms with Crippen LogP contribution in [0.25, 0.3) is 0 Å². The summed E-state index contributed by atoms with van der Waals surface area (Å²) in [7, 11) is 1.79. The Morgan fingerprint density at radius 2 is 2.00 bits per heavy atom. The number of hydrogen-bond donors (Lipinski definition) is 1. The first-order valence-electron chi connectivity index (χ1n) is 6.89. The van der Waals surface area contributed by atoms with E-state index in [2.05, 4.69) is 13.8 Å². The van der Waals surface area contributed by atoms with Gasteiger partial charge in [0.2, 0.25) is 6.79 Å². The van der Waals surface area contributed by atoms with Gasteiger partial charge in [-0.3, -0.25) is 4.79 Å². The molecule has 1 aromatic carbocycles. The van der Waals surface area contributed by atoms with E-state index in [4.69, 9.17) is 15.2 Å². The third kappa shape index (κ3) is 4.25. The van der Waals surface area contributed by atoms with Crippen molar-refractivity contribution < 1.29 is 14.3 Å². The van der Waals surface area contributed by atoms with Gasteiger partial charge in [0.05, 0.1) is 0 Å². The van der Waals surface area contributed by atoms with Crippen LogP contribution in [0, 0.1) is 5.92 Å². The normalized spacial score (nSPS) is 13.8. The predicted molar refractivity (Wildman–Crippen MR) is 84.2 cm³/mol. The van der Waals surface area contributed by atoms with Crippen molar-refractivity contribution in [3.05, 3.63) is 23.8 Å². The van der Waals surface area contributed by atoms with E-state index in [0.717, 1.165) is 6.42 Å². The number of nitrogens with zero attached hydrogens (tertiary/aromatic N) is 1. The summed E-state index contributed by atoms with van der Waals surface area (Å²) < 4.78 is 10.5. The molecule has 1 aromatic rings. The molecule has 0 aliphatic carbocycles. The van der Waals surface area contributed by atoms with Crippen LogP contribution in [0.5, 0.6) is 11.5 Å². The van der Waals surface area contributed by atoms with Gasteiger partial charge in [-0.2, -0.15) is 0 Å². The molecule has 0 radical (unpaired) electrons. The first-order chi connectivity index (χ1) is 9.49. The Balaban J connectivity index is 0.00000220. The molecule has 1 heterocycles. The fraction of sp³-hybridized carbons (Fsp3) is 0.533. The lowest BCUT2D eigenvalue weighted by atomic mass is 10.0. The summed E-state index contributed by atoms with van der Waals surface area (Å²) in [5.74, 6) is 1.71. The van der Waals surface area contributed by atoms with Crippen LogP contribution in [0.1, 0.15) is 30.6 Å². The lowest BCUT2D eigenvalue weighted by Crippen LogP contribution is -2.34. The van der Waals surface area contributed by atoms with Crippen LogP contribution in [0.4, 0.5) is 0 Å². The highest BCUT2D eigenvalue weighted by molar-refractivity contribution is 5.94. The standard InChI is InChI=1S/C15H22N2O3.ClH/c1-10(2)12(16)6-7-17(3)15(18)11-4-5-13-14(8-11)20-9-19-13;/h4-5,8,10,12H,6-7,9,16H2,1-3H3;1H. The van der Waals surface area contributed by atoms with Crippen LogP contribution in [-0.2, 0) is 0 Å². The van der Waals surface area contributed by atoms with Crippen molar-refractivity contribution in [2.45, 2.75) is 26.3 Å². The Labute approximate surface area is 131 Å². The molecule has 1 aliphatic rings. The summed E-state index contributed by atoms with van der Waals surface area (Å²) in [6, 6.07) is 5.36. The van der Waals surface area contributed by atoms with Gasteiger partial charge >= 0.3 is 0 Å². The van der Waals surface area contributed by atoms with Crippen LogP contribution in [0.3, 0.4) is 0 Å². The first-order valence-corrected chi connectivity index (χ1v) is 6.89. The zero-order valence-electron chi connectivity index (χ0n) is 12.7. The number of hydrogen-bond acceptors (Lipinski definition) is 4. The minimum absolute atomic E-state index is 0. The van der Waals surface area contributed by atoms with Gasteiger partial charge in [-0.05, 0) is 30.5 Å². The van der Waals surface area contributed by atoms with Gasteiger partial charge in [0.25, 0.3) is 5.91 Å². The zero-order valence-corrected chi connectivity index (χ0v) is 13.5. The molecular formula is C15H23ClN2O3. The summed E-state index contributed by atoms with van der Waals surface area (Å²) in [5.41, 5.74) is 6.61. The molecule has 2 N–H and O–H groups in total. The largest absolute Gasteiger partial charge is 0.454 e. The van der Waals surface area contributed by atoms with Crippen LogP contribution in [-0.4, -0.2) is 37.2 Å². The van der Waals surface area contributed by atoms with Crippen molar-refractivity contribution in [3.63, 3.8) is 0 Å². The Morgan fingerprint density at radius 1 is 1.33 bits per heavy atom. The van der Waals surface area contributed by atoms with E-state index in [0.29, 0.717) is 29.5 Å². The highest BCUT2D eigenvalue weighted by Crippen LogP contribution is 2.32. The number of benzene rings is 1. The summed E-state index contributed by atoms with van der Waals surface area (Å²) in [6.45, 7) is 5.04. The van der Waals surface area contributed by atoms with Gasteiger partial charge in [-0.25, -0.2) is 0 Å². The lowest BCUT2D eigenvalue weighted by Gasteiger charge is -2.21. The summed E-state index contributed by atoms with van der Waals surface area (Å²) >= 11 is 0. The van der Waals surface area contributed by atoms with Gasteiger partial charge in [0.15, 0.2) is 11.5 Å². The van der Waals surface area contributed by atoms with Gasteiger partial charge in [-0.15, -0.1) is 12.4 Å². The Hall–Kier alpha value is -1.46. The molecule has 1 aliphatic heterocycles. The second-order valence-electron chi connectivity index (χ2n) is 5.49. The van der Waals surface area contributed by atoms with Crippen molar-refractivity contribution in [2.75, 3.05) is 20.4 Å². The molecule has 1 atom stereocenters. The Bertz CT molecular complexity index is 494. The number of fused-ring (bicyclic) bond motifs is 1. The fourth-order valence-electron chi connectivity index (χ4n) is 2.03. The van der Waals surface area contributed by atoms with Gasteiger partial charge < -0.3 is 20.1 Å². The molecule has 1 amide bonds. The molecule has 1 unspecified atom stereocenters. The molecule has 0 bridgehead atoms. The third-order valence-corrected chi connectivity index (χ3v) is 3.62. The number of nitrogens with two attached hydrogens (primary N) is 1. The maximum Gasteiger partial charge on any atom is 0.253 e. The summed E-state index contributed by atoms with van der Waals surface area (Å²) in [5, 5.41) is 0. The lowest BCUT2D eigenvalue weighted by molar-refractivity contribution is 0.0788. The summed E-state index contributed by atoms with van der Waals surface area (Å²) in [6.07, 6.45) is 0.796. The number of amides is 1. The number of halogens is 1. The molecule has 5 nitrogen and oxygen atoms in total. The highest BCUT2D eigenvalue weighted by Gasteiger charge is 2.19. The van der Waals surface area contributed by atoms with Crippen molar-refractivity contribution in [1.82, 2.24) is 4.90 Å². The highest BCUT2D eigenvalue weighted by atomic mass is 35.5. The van der Waals surface area contributed by atoms with Crippen molar-refractivity contribution in [1.29, 1.82) is 0 Å². The number of carbonyl (C=O) groups is 1. The summed E-state index contributed by atoms with van der Waals surface area (Å²) in [4.78, 5) is 14.0. The topological polar surface area (TPSA) is 64.8 Å². The van der Waals surface area contributed by atoms with E-state index >= 15 is 0 Å². The van der Waals surface area contributed by atoms with Gasteiger partial charge in [-0.1, -0.05) is 13.8 Å². The van der Waals surface area contributed by atoms with E-state index in [1.807, 2.05) is 0 Å². The molecule has 21 heavy (non-hydrogen) atoms. The van der Waals surface area contributed by atoms with E-state index < -0.39 is 0 Å². The van der Waals surface area contributed by atoms with E-state index in [9.17, 15) is 4.79 Å².